The lowest BCUT2D eigenvalue weighted by atomic mass is 10.2. The molecule has 29 heavy (non-hydrogen) atoms. The lowest BCUT2D eigenvalue weighted by molar-refractivity contribution is 0.101. The summed E-state index contributed by atoms with van der Waals surface area (Å²) in [6.07, 6.45) is 3.21. The van der Waals surface area contributed by atoms with Gasteiger partial charge in [0.15, 0.2) is 12.4 Å². The monoisotopic (exact) mass is 408 g/mol. The molecule has 0 aliphatic carbocycles. The van der Waals surface area contributed by atoms with E-state index in [-0.39, 0.29) is 18.4 Å². The number of benzene rings is 2. The first-order valence-electron chi connectivity index (χ1n) is 8.83. The van der Waals surface area contributed by atoms with Crippen molar-refractivity contribution in [1.29, 1.82) is 0 Å². The predicted octanol–water partition coefficient (Wildman–Crippen LogP) is 3.47. The number of carbonyl (C=O) groups excluding carboxylic acids is 1. The number of carbonyl (C=O) groups is 1. The summed E-state index contributed by atoms with van der Waals surface area (Å²) in [6, 6.07) is 18.6. The molecule has 2 aromatic carbocycles. The van der Waals surface area contributed by atoms with E-state index in [0.29, 0.717) is 17.3 Å². The number of ether oxygens (including phenoxy) is 1. The molecule has 1 amide bonds. The zero-order valence-electron chi connectivity index (χ0n) is 15.3. The van der Waals surface area contributed by atoms with Gasteiger partial charge in [0.25, 0.3) is 5.91 Å². The van der Waals surface area contributed by atoms with Crippen molar-refractivity contribution in [3.63, 3.8) is 0 Å². The van der Waals surface area contributed by atoms with Crippen LogP contribution in [0.25, 0.3) is 0 Å². The van der Waals surface area contributed by atoms with Gasteiger partial charge in [-0.2, -0.15) is 5.10 Å². The molecule has 0 radical (unpaired) electrons. The molecule has 8 nitrogen and oxygen atoms in total. The first kappa shape index (κ1) is 18.7. The average Bonchev–Trinajstić information content (AvgIpc) is 3.38. The Kier molecular flexibility index (Phi) is 5.53. The van der Waals surface area contributed by atoms with Crippen LogP contribution in [0.5, 0.6) is 5.75 Å². The molecule has 0 saturated heterocycles. The molecule has 0 aliphatic heterocycles. The maximum absolute atomic E-state index is 12.4. The number of anilines is 1. The van der Waals surface area contributed by atoms with Gasteiger partial charge >= 0.3 is 0 Å². The highest BCUT2D eigenvalue weighted by atomic mass is 35.5. The van der Waals surface area contributed by atoms with E-state index in [9.17, 15) is 4.79 Å². The van der Waals surface area contributed by atoms with Gasteiger partial charge in [0.1, 0.15) is 12.1 Å². The van der Waals surface area contributed by atoms with Crippen molar-refractivity contribution < 1.29 is 9.53 Å². The molecule has 0 bridgehead atoms. The Balaban J connectivity index is 1.34. The third kappa shape index (κ3) is 4.80. The van der Waals surface area contributed by atoms with E-state index in [1.165, 1.54) is 4.68 Å². The van der Waals surface area contributed by atoms with Crippen LogP contribution in [0.2, 0.25) is 5.02 Å². The molecule has 9 heteroatoms. The van der Waals surface area contributed by atoms with Gasteiger partial charge in [-0.05, 0) is 23.8 Å². The molecule has 2 heterocycles. The number of nitrogens with zero attached hydrogens (tertiary/aromatic N) is 5. The van der Waals surface area contributed by atoms with E-state index >= 15 is 0 Å². The molecule has 2 aromatic heterocycles. The molecule has 1 N–H and O–H groups in total. The summed E-state index contributed by atoms with van der Waals surface area (Å²) >= 11 is 6.05. The molecule has 0 spiro atoms. The molecule has 0 atom stereocenters. The maximum atomic E-state index is 12.4. The standard InChI is InChI=1S/C20H17ClN6O2/c21-16-8-4-5-9-18(16)29-14-26-11-10-17(24-26)19(28)23-20-22-13-27(25-20)12-15-6-2-1-3-7-15/h1-11,13H,12,14H2,(H,23,25,28). The zero-order valence-corrected chi connectivity index (χ0v) is 16.0. The van der Waals surface area contributed by atoms with Crippen LogP contribution >= 0.6 is 11.6 Å². The summed E-state index contributed by atoms with van der Waals surface area (Å²) in [7, 11) is 0. The second kappa shape index (κ2) is 8.57. The molecule has 0 unspecified atom stereocenters. The van der Waals surface area contributed by atoms with Crippen LogP contribution in [0.3, 0.4) is 0 Å². The fourth-order valence-corrected chi connectivity index (χ4v) is 2.81. The van der Waals surface area contributed by atoms with Crippen LogP contribution in [0.4, 0.5) is 5.95 Å². The van der Waals surface area contributed by atoms with Gasteiger partial charge in [-0.1, -0.05) is 54.1 Å². The number of halogens is 1. The van der Waals surface area contributed by atoms with Gasteiger partial charge in [0, 0.05) is 6.20 Å². The minimum absolute atomic E-state index is 0.126. The summed E-state index contributed by atoms with van der Waals surface area (Å²) in [5.74, 6) is 0.357. The van der Waals surface area contributed by atoms with Crippen molar-refractivity contribution in [2.45, 2.75) is 13.3 Å². The van der Waals surface area contributed by atoms with E-state index < -0.39 is 5.91 Å². The largest absolute Gasteiger partial charge is 0.470 e. The molecule has 146 valence electrons. The van der Waals surface area contributed by atoms with Crippen LogP contribution in [-0.2, 0) is 13.3 Å². The van der Waals surface area contributed by atoms with Crippen molar-refractivity contribution in [2.75, 3.05) is 5.32 Å². The Labute approximate surface area is 171 Å². The van der Waals surface area contributed by atoms with Gasteiger partial charge in [0.05, 0.1) is 11.6 Å². The van der Waals surface area contributed by atoms with Gasteiger partial charge < -0.3 is 4.74 Å². The predicted molar refractivity (Wildman–Crippen MR) is 108 cm³/mol. The first-order chi connectivity index (χ1) is 14.2. The third-order valence-electron chi connectivity index (χ3n) is 4.01. The van der Waals surface area contributed by atoms with Crippen LogP contribution in [0, 0.1) is 0 Å². The highest BCUT2D eigenvalue weighted by Crippen LogP contribution is 2.23. The number of aromatic nitrogens is 5. The number of amides is 1. The SMILES string of the molecule is O=C(Nc1ncn(Cc2ccccc2)n1)c1ccn(COc2ccccc2Cl)n1. The highest BCUT2D eigenvalue weighted by molar-refractivity contribution is 6.32. The van der Waals surface area contributed by atoms with Crippen LogP contribution in [0.15, 0.2) is 73.2 Å². The topological polar surface area (TPSA) is 86.9 Å². The zero-order chi connectivity index (χ0) is 20.1. The van der Waals surface area contributed by atoms with Crippen molar-refractivity contribution in [1.82, 2.24) is 24.5 Å². The molecular weight excluding hydrogens is 392 g/mol. The Hall–Kier alpha value is -3.65. The van der Waals surface area contributed by atoms with Crippen molar-refractivity contribution in [3.05, 3.63) is 89.5 Å². The Morgan fingerprint density at radius 2 is 1.79 bits per heavy atom. The van der Waals surface area contributed by atoms with E-state index in [2.05, 4.69) is 20.5 Å². The minimum atomic E-state index is -0.404. The average molecular weight is 409 g/mol. The molecule has 0 saturated carbocycles. The fraction of sp³-hybridized carbons (Fsp3) is 0.100. The third-order valence-corrected chi connectivity index (χ3v) is 4.32. The highest BCUT2D eigenvalue weighted by Gasteiger charge is 2.13. The second-order valence-corrected chi connectivity index (χ2v) is 6.56. The normalized spacial score (nSPS) is 10.7. The molecular formula is C20H17ClN6O2. The first-order valence-corrected chi connectivity index (χ1v) is 9.21. The van der Waals surface area contributed by atoms with Crippen LogP contribution in [-0.4, -0.2) is 30.5 Å². The lowest BCUT2D eigenvalue weighted by Gasteiger charge is -2.07. The Morgan fingerprint density at radius 3 is 2.62 bits per heavy atom. The van der Waals surface area contributed by atoms with Gasteiger partial charge in [-0.3, -0.25) is 10.1 Å². The van der Waals surface area contributed by atoms with Crippen molar-refractivity contribution >= 4 is 23.5 Å². The van der Waals surface area contributed by atoms with Crippen molar-refractivity contribution in [2.24, 2.45) is 0 Å². The Bertz CT molecular complexity index is 1110. The van der Waals surface area contributed by atoms with E-state index in [1.54, 1.807) is 35.4 Å². The van der Waals surface area contributed by atoms with Gasteiger partial charge in [-0.15, -0.1) is 5.10 Å². The summed E-state index contributed by atoms with van der Waals surface area (Å²) in [4.78, 5) is 16.5. The summed E-state index contributed by atoms with van der Waals surface area (Å²) in [6.45, 7) is 0.693. The molecule has 4 rings (SSSR count). The number of hydrogen-bond acceptors (Lipinski definition) is 5. The number of rotatable bonds is 7. The summed E-state index contributed by atoms with van der Waals surface area (Å²) in [5.41, 5.74) is 1.32. The van der Waals surface area contributed by atoms with E-state index in [0.717, 1.165) is 5.56 Å². The molecule has 4 aromatic rings. The number of hydrogen-bond donors (Lipinski definition) is 1. The summed E-state index contributed by atoms with van der Waals surface area (Å²) < 4.78 is 8.76. The minimum Gasteiger partial charge on any atom is -0.470 e. The fourth-order valence-electron chi connectivity index (χ4n) is 2.62. The van der Waals surface area contributed by atoms with Crippen LogP contribution in [0.1, 0.15) is 16.1 Å². The van der Waals surface area contributed by atoms with E-state index in [1.807, 2.05) is 42.5 Å². The second-order valence-electron chi connectivity index (χ2n) is 6.15. The summed E-state index contributed by atoms with van der Waals surface area (Å²) in [5, 5.41) is 11.6. The van der Waals surface area contributed by atoms with Gasteiger partial charge in [0.2, 0.25) is 5.95 Å². The quantitative estimate of drug-likeness (QED) is 0.506. The molecule has 0 aliphatic rings. The Morgan fingerprint density at radius 1 is 1.00 bits per heavy atom. The number of para-hydroxylation sites is 1. The molecule has 0 fully saturated rings. The lowest BCUT2D eigenvalue weighted by Crippen LogP contribution is -2.15. The van der Waals surface area contributed by atoms with E-state index in [4.69, 9.17) is 16.3 Å². The number of nitrogens with one attached hydrogen (secondary N) is 1. The maximum Gasteiger partial charge on any atom is 0.278 e. The van der Waals surface area contributed by atoms with Crippen LogP contribution < -0.4 is 10.1 Å². The smallest absolute Gasteiger partial charge is 0.278 e. The van der Waals surface area contributed by atoms with Crippen molar-refractivity contribution in [3.8, 4) is 5.75 Å². The van der Waals surface area contributed by atoms with Gasteiger partial charge in [-0.25, -0.2) is 14.3 Å².